The second kappa shape index (κ2) is 7.31. The second-order valence-corrected chi connectivity index (χ2v) is 6.31. The summed E-state index contributed by atoms with van der Waals surface area (Å²) < 4.78 is 1.36. The van der Waals surface area contributed by atoms with E-state index in [0.29, 0.717) is 24.8 Å². The number of carbonyl (C=O) groups excluding carboxylic acids is 1. The van der Waals surface area contributed by atoms with Crippen molar-refractivity contribution < 1.29 is 9.72 Å². The number of rotatable bonds is 5. The van der Waals surface area contributed by atoms with E-state index in [2.05, 4.69) is 5.32 Å². The van der Waals surface area contributed by atoms with Gasteiger partial charge in [0.2, 0.25) is 0 Å². The van der Waals surface area contributed by atoms with Crippen LogP contribution in [0.2, 0.25) is 0 Å². The zero-order chi connectivity index (χ0) is 15.7. The summed E-state index contributed by atoms with van der Waals surface area (Å²) in [7, 11) is 1.56. The molecule has 0 aromatic carbocycles. The molecule has 7 nitrogen and oxygen atoms in total. The Labute approximate surface area is 141 Å². The predicted octanol–water partition coefficient (Wildman–Crippen LogP) is 1.96. The fourth-order valence-electron chi connectivity index (χ4n) is 3.00. The summed E-state index contributed by atoms with van der Waals surface area (Å²) in [5, 5.41) is 14.4. The van der Waals surface area contributed by atoms with Crippen LogP contribution >= 0.6 is 12.4 Å². The Balaban J connectivity index is 0.00000192. The van der Waals surface area contributed by atoms with E-state index < -0.39 is 4.92 Å². The van der Waals surface area contributed by atoms with E-state index in [-0.39, 0.29) is 24.1 Å². The number of amides is 1. The molecule has 1 saturated carbocycles. The molecule has 1 N–H and O–H groups in total. The van der Waals surface area contributed by atoms with E-state index in [0.717, 1.165) is 25.3 Å². The van der Waals surface area contributed by atoms with Crippen LogP contribution in [-0.4, -0.2) is 46.0 Å². The first kappa shape index (κ1) is 17.7. The number of carbonyl (C=O) groups is 1. The smallest absolute Gasteiger partial charge is 0.323 e. The normalized spacial score (nSPS) is 18.6. The number of hydrogen-bond donors (Lipinski definition) is 1. The largest absolute Gasteiger partial charge is 0.358 e. The first-order valence-corrected chi connectivity index (χ1v) is 7.89. The van der Waals surface area contributed by atoms with Gasteiger partial charge in [0, 0.05) is 25.2 Å². The summed E-state index contributed by atoms with van der Waals surface area (Å²) >= 11 is 0. The third-order valence-corrected chi connectivity index (χ3v) is 4.68. The van der Waals surface area contributed by atoms with Gasteiger partial charge < -0.3 is 20.3 Å². The summed E-state index contributed by atoms with van der Waals surface area (Å²) in [5.74, 6) is 0.698. The van der Waals surface area contributed by atoms with Gasteiger partial charge in [0.25, 0.3) is 5.91 Å². The minimum absolute atomic E-state index is 0. The minimum atomic E-state index is -0.467. The quantitative estimate of drug-likeness (QED) is 0.655. The van der Waals surface area contributed by atoms with E-state index in [1.807, 2.05) is 0 Å². The minimum Gasteiger partial charge on any atom is -0.358 e. The van der Waals surface area contributed by atoms with Gasteiger partial charge in [-0.3, -0.25) is 4.79 Å². The molecule has 0 spiro atoms. The average molecular weight is 343 g/mol. The zero-order valence-corrected chi connectivity index (χ0v) is 14.1. The molecule has 1 amide bonds. The standard InChI is InChI=1S/C15H22N4O3.ClH/c1-17-13(4-5-14(17)19(21)22)15(20)18-8-6-12(7-9-18)16-10-11-2-3-11;/h4-5,11-12,16H,2-3,6-10H2,1H3;1H. The Kier molecular flexibility index (Phi) is 5.64. The van der Waals surface area contributed by atoms with Crippen molar-refractivity contribution in [1.82, 2.24) is 14.8 Å². The monoisotopic (exact) mass is 342 g/mol. The fourth-order valence-corrected chi connectivity index (χ4v) is 3.00. The third kappa shape index (κ3) is 4.03. The maximum absolute atomic E-state index is 12.5. The highest BCUT2D eigenvalue weighted by molar-refractivity contribution is 5.93. The van der Waals surface area contributed by atoms with Crippen molar-refractivity contribution >= 4 is 24.1 Å². The van der Waals surface area contributed by atoms with Crippen LogP contribution in [0.4, 0.5) is 5.82 Å². The Morgan fingerprint density at radius 2 is 1.96 bits per heavy atom. The van der Waals surface area contributed by atoms with Crippen molar-refractivity contribution in [3.8, 4) is 0 Å². The van der Waals surface area contributed by atoms with E-state index in [4.69, 9.17) is 0 Å². The molecule has 1 aromatic rings. The molecule has 2 fully saturated rings. The van der Waals surface area contributed by atoms with Crippen LogP contribution in [-0.2, 0) is 7.05 Å². The highest BCUT2D eigenvalue weighted by Gasteiger charge is 2.29. The van der Waals surface area contributed by atoms with Crippen molar-refractivity contribution in [2.24, 2.45) is 13.0 Å². The Morgan fingerprint density at radius 1 is 1.30 bits per heavy atom. The molecule has 1 aliphatic carbocycles. The van der Waals surface area contributed by atoms with Crippen LogP contribution in [0, 0.1) is 16.0 Å². The lowest BCUT2D eigenvalue weighted by Gasteiger charge is -2.32. The molecule has 0 bridgehead atoms. The van der Waals surface area contributed by atoms with Gasteiger partial charge in [0.05, 0.1) is 7.05 Å². The number of halogens is 1. The van der Waals surface area contributed by atoms with Crippen molar-refractivity contribution in [2.45, 2.75) is 31.7 Å². The van der Waals surface area contributed by atoms with Crippen molar-refractivity contribution in [3.05, 3.63) is 27.9 Å². The lowest BCUT2D eigenvalue weighted by molar-refractivity contribution is -0.391. The Morgan fingerprint density at radius 3 is 2.48 bits per heavy atom. The topological polar surface area (TPSA) is 80.4 Å². The van der Waals surface area contributed by atoms with Gasteiger partial charge in [-0.2, -0.15) is 0 Å². The highest BCUT2D eigenvalue weighted by atomic mass is 35.5. The molecule has 2 aliphatic rings. The number of piperidine rings is 1. The first-order chi connectivity index (χ1) is 10.6. The van der Waals surface area contributed by atoms with E-state index in [1.165, 1.54) is 29.5 Å². The van der Waals surface area contributed by atoms with Gasteiger partial charge in [-0.25, -0.2) is 4.57 Å². The van der Waals surface area contributed by atoms with Crippen LogP contribution in [0.15, 0.2) is 12.1 Å². The van der Waals surface area contributed by atoms with Gasteiger partial charge in [-0.1, -0.05) is 0 Å². The maximum Gasteiger partial charge on any atom is 0.323 e. The van der Waals surface area contributed by atoms with Crippen LogP contribution in [0.25, 0.3) is 0 Å². The summed E-state index contributed by atoms with van der Waals surface area (Å²) in [6.45, 7) is 2.52. The summed E-state index contributed by atoms with van der Waals surface area (Å²) in [6, 6.07) is 3.42. The molecule has 0 radical (unpaired) electrons. The number of nitrogens with one attached hydrogen (secondary N) is 1. The molecule has 0 unspecified atom stereocenters. The number of likely N-dealkylation sites (tertiary alicyclic amines) is 1. The van der Waals surface area contributed by atoms with Gasteiger partial charge >= 0.3 is 5.82 Å². The summed E-state index contributed by atoms with van der Waals surface area (Å²) in [4.78, 5) is 24.7. The SMILES string of the molecule is Cl.Cn1c(C(=O)N2CCC(NCC3CC3)CC2)ccc1[N+](=O)[O-]. The van der Waals surface area contributed by atoms with Crippen molar-refractivity contribution in [3.63, 3.8) is 0 Å². The number of nitro groups is 1. The van der Waals surface area contributed by atoms with Gasteiger partial charge in [-0.05, 0) is 49.1 Å². The molecule has 128 valence electrons. The van der Waals surface area contributed by atoms with Crippen molar-refractivity contribution in [2.75, 3.05) is 19.6 Å². The Hall–Kier alpha value is -1.60. The van der Waals surface area contributed by atoms with Crippen LogP contribution < -0.4 is 5.32 Å². The average Bonchev–Trinajstić information content (AvgIpc) is 3.26. The number of nitrogens with zero attached hydrogens (tertiary/aromatic N) is 3. The lowest BCUT2D eigenvalue weighted by Crippen LogP contribution is -2.45. The molecule has 1 saturated heterocycles. The van der Waals surface area contributed by atoms with E-state index in [9.17, 15) is 14.9 Å². The van der Waals surface area contributed by atoms with Gasteiger partial charge in [0.15, 0.2) is 5.69 Å². The highest BCUT2D eigenvalue weighted by Crippen LogP contribution is 2.28. The molecular weight excluding hydrogens is 320 g/mol. The molecule has 0 atom stereocenters. The van der Waals surface area contributed by atoms with Crippen molar-refractivity contribution in [1.29, 1.82) is 0 Å². The van der Waals surface area contributed by atoms with Gasteiger partial charge in [0.1, 0.15) is 0 Å². The van der Waals surface area contributed by atoms with Crippen LogP contribution in [0.3, 0.4) is 0 Å². The summed E-state index contributed by atoms with van der Waals surface area (Å²) in [6.07, 6.45) is 4.59. The van der Waals surface area contributed by atoms with E-state index in [1.54, 1.807) is 11.9 Å². The second-order valence-electron chi connectivity index (χ2n) is 6.31. The number of aromatic nitrogens is 1. The fraction of sp³-hybridized carbons (Fsp3) is 0.667. The van der Waals surface area contributed by atoms with Gasteiger partial charge in [-0.15, -0.1) is 12.4 Å². The zero-order valence-electron chi connectivity index (χ0n) is 13.2. The molecule has 8 heteroatoms. The Bertz CT molecular complexity index is 577. The number of hydrogen-bond acceptors (Lipinski definition) is 4. The molecule has 3 rings (SSSR count). The van der Waals surface area contributed by atoms with E-state index >= 15 is 0 Å². The van der Waals surface area contributed by atoms with Crippen LogP contribution in [0.5, 0.6) is 0 Å². The third-order valence-electron chi connectivity index (χ3n) is 4.68. The molecule has 1 aromatic heterocycles. The predicted molar refractivity (Wildman–Crippen MR) is 89.0 cm³/mol. The van der Waals surface area contributed by atoms with Crippen LogP contribution in [0.1, 0.15) is 36.2 Å². The molecule has 23 heavy (non-hydrogen) atoms. The lowest BCUT2D eigenvalue weighted by atomic mass is 10.0. The molecule has 2 heterocycles. The summed E-state index contributed by atoms with van der Waals surface area (Å²) in [5.41, 5.74) is 0.385. The first-order valence-electron chi connectivity index (χ1n) is 7.89. The molecular formula is C15H23ClN4O3. The molecule has 1 aliphatic heterocycles. The maximum atomic E-state index is 12.5.